The van der Waals surface area contributed by atoms with E-state index in [4.69, 9.17) is 10.5 Å². The van der Waals surface area contributed by atoms with E-state index in [1.54, 1.807) is 0 Å². The van der Waals surface area contributed by atoms with Gasteiger partial charge in [0.2, 0.25) is 0 Å². The maximum absolute atomic E-state index is 5.76. The van der Waals surface area contributed by atoms with Crippen molar-refractivity contribution >= 4 is 0 Å². The molecule has 0 spiro atoms. The van der Waals surface area contributed by atoms with Crippen LogP contribution < -0.4 is 5.73 Å². The van der Waals surface area contributed by atoms with E-state index in [0.717, 1.165) is 25.7 Å². The van der Waals surface area contributed by atoms with Crippen molar-refractivity contribution < 1.29 is 4.74 Å². The highest BCUT2D eigenvalue weighted by Crippen LogP contribution is 2.25. The first-order chi connectivity index (χ1) is 7.08. The lowest BCUT2D eigenvalue weighted by Gasteiger charge is -2.35. The molecule has 15 heavy (non-hydrogen) atoms. The van der Waals surface area contributed by atoms with Crippen molar-refractivity contribution in [1.29, 1.82) is 0 Å². The number of hydrogen-bond acceptors (Lipinski definition) is 3. The Kier molecular flexibility index (Phi) is 5.58. The van der Waals surface area contributed by atoms with Crippen LogP contribution in [0.5, 0.6) is 0 Å². The summed E-state index contributed by atoms with van der Waals surface area (Å²) in [6.45, 7) is 8.31. The molecule has 0 aromatic heterocycles. The molecule has 0 bridgehead atoms. The molecule has 3 nitrogen and oxygen atoms in total. The summed E-state index contributed by atoms with van der Waals surface area (Å²) in [6.07, 6.45) is 2.41. The van der Waals surface area contributed by atoms with E-state index in [2.05, 4.69) is 25.8 Å². The van der Waals surface area contributed by atoms with Crippen LogP contribution in [0.15, 0.2) is 0 Å². The summed E-state index contributed by atoms with van der Waals surface area (Å²) in [5, 5.41) is 0. The second kappa shape index (κ2) is 6.46. The number of rotatable bonds is 7. The monoisotopic (exact) mass is 214 g/mol. The predicted octanol–water partition coefficient (Wildman–Crippen LogP) is 1.33. The zero-order valence-electron chi connectivity index (χ0n) is 10.4. The third kappa shape index (κ3) is 5.50. The van der Waals surface area contributed by atoms with Gasteiger partial charge in [0.05, 0.1) is 6.61 Å². The summed E-state index contributed by atoms with van der Waals surface area (Å²) in [7, 11) is 2.17. The lowest BCUT2D eigenvalue weighted by atomic mass is 9.81. The molecule has 1 aliphatic carbocycles. The van der Waals surface area contributed by atoms with Crippen molar-refractivity contribution in [2.45, 2.75) is 32.7 Å². The Morgan fingerprint density at radius 2 is 2.07 bits per heavy atom. The average molecular weight is 214 g/mol. The van der Waals surface area contributed by atoms with Gasteiger partial charge >= 0.3 is 0 Å². The van der Waals surface area contributed by atoms with Gasteiger partial charge in [0.15, 0.2) is 0 Å². The minimum Gasteiger partial charge on any atom is -0.380 e. The highest BCUT2D eigenvalue weighted by molar-refractivity contribution is 4.83. The third-order valence-electron chi connectivity index (χ3n) is 2.91. The Labute approximate surface area is 94.0 Å². The molecule has 1 aliphatic rings. The largest absolute Gasteiger partial charge is 0.380 e. The quantitative estimate of drug-likeness (QED) is 0.650. The second-order valence-corrected chi connectivity index (χ2v) is 5.33. The summed E-state index contributed by atoms with van der Waals surface area (Å²) in [5.41, 5.74) is 5.76. The van der Waals surface area contributed by atoms with Crippen LogP contribution in [0.1, 0.15) is 26.7 Å². The number of nitrogens with two attached hydrogens (primary N) is 1. The van der Waals surface area contributed by atoms with Gasteiger partial charge in [-0.25, -0.2) is 0 Å². The number of likely N-dealkylation sites (N-methyl/N-ethyl adjacent to an activating group) is 1. The lowest BCUT2D eigenvalue weighted by molar-refractivity contribution is 0.0815. The van der Waals surface area contributed by atoms with Gasteiger partial charge in [-0.2, -0.15) is 0 Å². The molecule has 1 saturated carbocycles. The van der Waals surface area contributed by atoms with Crippen LogP contribution in [0.4, 0.5) is 0 Å². The molecule has 1 fully saturated rings. The van der Waals surface area contributed by atoms with Crippen molar-refractivity contribution in [3.63, 3.8) is 0 Å². The molecule has 0 heterocycles. The molecular weight excluding hydrogens is 188 g/mol. The Balaban J connectivity index is 1.92. The summed E-state index contributed by atoms with van der Waals surface area (Å²) in [5.74, 6) is 1.47. The van der Waals surface area contributed by atoms with Gasteiger partial charge in [-0.3, -0.25) is 0 Å². The molecule has 1 rings (SSSR count). The first-order valence-corrected chi connectivity index (χ1v) is 6.09. The molecule has 3 heteroatoms. The van der Waals surface area contributed by atoms with Crippen LogP contribution in [0, 0.1) is 11.8 Å². The lowest BCUT2D eigenvalue weighted by Crippen LogP contribution is -2.42. The summed E-state index contributed by atoms with van der Waals surface area (Å²) < 4.78 is 5.55. The van der Waals surface area contributed by atoms with Crippen molar-refractivity contribution in [3.05, 3.63) is 0 Å². The summed E-state index contributed by atoms with van der Waals surface area (Å²) in [4.78, 5) is 2.36. The fraction of sp³-hybridized carbons (Fsp3) is 1.00. The molecule has 0 saturated heterocycles. The molecule has 0 aliphatic heterocycles. The molecule has 0 aromatic rings. The zero-order chi connectivity index (χ0) is 11.3. The van der Waals surface area contributed by atoms with Gasteiger partial charge in [-0.15, -0.1) is 0 Å². The maximum atomic E-state index is 5.76. The molecule has 0 atom stereocenters. The van der Waals surface area contributed by atoms with Gasteiger partial charge in [0, 0.05) is 25.7 Å². The normalized spacial score (nSPS) is 26.0. The average Bonchev–Trinajstić information content (AvgIpc) is 2.10. The first-order valence-electron chi connectivity index (χ1n) is 6.09. The SMILES string of the molecule is CC(C)COCCN(C)CC1CC(N)C1. The van der Waals surface area contributed by atoms with E-state index in [-0.39, 0.29) is 0 Å². The molecule has 2 N–H and O–H groups in total. The Bertz CT molecular complexity index is 167. The van der Waals surface area contributed by atoms with Gasteiger partial charge in [0.25, 0.3) is 0 Å². The molecule has 0 radical (unpaired) electrons. The number of ether oxygens (including phenoxy) is 1. The highest BCUT2D eigenvalue weighted by Gasteiger charge is 2.26. The summed E-state index contributed by atoms with van der Waals surface area (Å²) >= 11 is 0. The van der Waals surface area contributed by atoms with E-state index >= 15 is 0 Å². The minimum absolute atomic E-state index is 0.473. The standard InChI is InChI=1S/C12H26N2O/c1-10(2)9-15-5-4-14(3)8-11-6-12(13)7-11/h10-12H,4-9,13H2,1-3H3. The van der Waals surface area contributed by atoms with E-state index in [0.29, 0.717) is 12.0 Å². The van der Waals surface area contributed by atoms with Gasteiger partial charge in [0.1, 0.15) is 0 Å². The predicted molar refractivity (Wildman–Crippen MR) is 63.9 cm³/mol. The van der Waals surface area contributed by atoms with Crippen LogP contribution in [0.3, 0.4) is 0 Å². The van der Waals surface area contributed by atoms with Crippen LogP contribution >= 0.6 is 0 Å². The second-order valence-electron chi connectivity index (χ2n) is 5.33. The molecule has 90 valence electrons. The van der Waals surface area contributed by atoms with Crippen LogP contribution in [0.2, 0.25) is 0 Å². The van der Waals surface area contributed by atoms with Crippen molar-refractivity contribution in [2.24, 2.45) is 17.6 Å². The molecule has 0 unspecified atom stereocenters. The number of hydrogen-bond donors (Lipinski definition) is 1. The smallest absolute Gasteiger partial charge is 0.0593 e. The Morgan fingerprint density at radius 3 is 2.60 bits per heavy atom. The fourth-order valence-electron chi connectivity index (χ4n) is 2.01. The van der Waals surface area contributed by atoms with E-state index < -0.39 is 0 Å². The Hall–Kier alpha value is -0.120. The highest BCUT2D eigenvalue weighted by atomic mass is 16.5. The van der Waals surface area contributed by atoms with Crippen LogP contribution in [-0.4, -0.2) is 44.3 Å². The van der Waals surface area contributed by atoms with Gasteiger partial charge in [-0.1, -0.05) is 13.8 Å². The van der Waals surface area contributed by atoms with Crippen molar-refractivity contribution in [3.8, 4) is 0 Å². The first kappa shape index (κ1) is 12.9. The summed E-state index contributed by atoms with van der Waals surface area (Å²) in [6, 6.07) is 0.473. The molecule has 0 amide bonds. The van der Waals surface area contributed by atoms with Crippen LogP contribution in [-0.2, 0) is 4.74 Å². The number of nitrogens with zero attached hydrogens (tertiary/aromatic N) is 1. The van der Waals surface area contributed by atoms with E-state index in [1.165, 1.54) is 19.4 Å². The van der Waals surface area contributed by atoms with Gasteiger partial charge < -0.3 is 15.4 Å². The van der Waals surface area contributed by atoms with Gasteiger partial charge in [-0.05, 0) is 31.7 Å². The van der Waals surface area contributed by atoms with Crippen LogP contribution in [0.25, 0.3) is 0 Å². The minimum atomic E-state index is 0.473. The fourth-order valence-corrected chi connectivity index (χ4v) is 2.01. The maximum Gasteiger partial charge on any atom is 0.0593 e. The molecular formula is C12H26N2O. The van der Waals surface area contributed by atoms with E-state index in [1.807, 2.05) is 0 Å². The third-order valence-corrected chi connectivity index (χ3v) is 2.91. The molecule has 0 aromatic carbocycles. The van der Waals surface area contributed by atoms with Crippen molar-refractivity contribution in [1.82, 2.24) is 4.90 Å². The zero-order valence-corrected chi connectivity index (χ0v) is 10.4. The van der Waals surface area contributed by atoms with E-state index in [9.17, 15) is 0 Å². The topological polar surface area (TPSA) is 38.5 Å². The Morgan fingerprint density at radius 1 is 1.40 bits per heavy atom. The van der Waals surface area contributed by atoms with Crippen molar-refractivity contribution in [2.75, 3.05) is 33.4 Å².